The molecule has 0 aromatic carbocycles. The Morgan fingerprint density at radius 2 is 1.44 bits per heavy atom. The first-order chi connectivity index (χ1) is 7.69. The van der Waals surface area contributed by atoms with Crippen molar-refractivity contribution in [1.82, 2.24) is 9.97 Å². The lowest BCUT2D eigenvalue weighted by Gasteiger charge is -1.98. The van der Waals surface area contributed by atoms with Crippen LogP contribution in [0.1, 0.15) is 33.3 Å². The van der Waals surface area contributed by atoms with E-state index in [2.05, 4.69) is 9.97 Å². The minimum Gasteiger partial charge on any atom is -0.209 e. The van der Waals surface area contributed by atoms with Crippen molar-refractivity contribution in [2.45, 2.75) is 32.9 Å². The zero-order chi connectivity index (χ0) is 13.1. The maximum absolute atomic E-state index is 8.56. The highest BCUT2D eigenvalue weighted by Gasteiger charge is 2.09. The highest BCUT2D eigenvalue weighted by Crippen LogP contribution is 2.22. The molecule has 16 heavy (non-hydrogen) atoms. The Morgan fingerprint density at radius 3 is 1.69 bits per heavy atom. The van der Waals surface area contributed by atoms with Gasteiger partial charge in [0, 0.05) is 0 Å². The normalized spacial score (nSPS) is 7.88. The first-order valence-electron chi connectivity index (χ1n) is 4.86. The lowest BCUT2D eigenvalue weighted by Crippen LogP contribution is -1.92. The van der Waals surface area contributed by atoms with Crippen LogP contribution in [0.4, 0.5) is 0 Å². The molecule has 0 amide bonds. The number of hydrogen-bond acceptors (Lipinski definition) is 4. The first kappa shape index (κ1) is 17.9. The van der Waals surface area contributed by atoms with E-state index in [1.54, 1.807) is 6.26 Å². The smallest absolute Gasteiger partial charge is 0.190 e. The molecule has 1 rings (SSSR count). The monoisotopic (exact) mass is 279 g/mol. The van der Waals surface area contributed by atoms with Crippen LogP contribution in [0.25, 0.3) is 0 Å². The molecule has 90 valence electrons. The maximum Gasteiger partial charge on any atom is 0.190 e. The predicted molar refractivity (Wildman–Crippen MR) is 71.2 cm³/mol. The third-order valence-electron chi connectivity index (χ3n) is 1.09. The van der Waals surface area contributed by atoms with Crippen LogP contribution in [0.3, 0.4) is 0 Å². The minimum absolute atomic E-state index is 0.0989. The Labute approximate surface area is 111 Å². The number of rotatable bonds is 1. The van der Waals surface area contributed by atoms with E-state index in [0.717, 1.165) is 0 Å². The summed E-state index contributed by atoms with van der Waals surface area (Å²) >= 11 is 12.6. The summed E-state index contributed by atoms with van der Waals surface area (Å²) in [6.45, 7) is 8.00. The van der Waals surface area contributed by atoms with Gasteiger partial charge in [0.2, 0.25) is 0 Å². The Kier molecular flexibility index (Phi) is 12.3. The van der Waals surface area contributed by atoms with Gasteiger partial charge in [-0.3, -0.25) is 0 Å². The quantitative estimate of drug-likeness (QED) is 0.434. The Balaban J connectivity index is 0. The second kappa shape index (κ2) is 11.0. The zero-order valence-electron chi connectivity index (χ0n) is 10.0. The van der Waals surface area contributed by atoms with Crippen molar-refractivity contribution in [3.63, 3.8) is 0 Å². The van der Waals surface area contributed by atoms with Gasteiger partial charge in [-0.05, 0) is 6.26 Å². The molecule has 0 spiro atoms. The number of aromatic nitrogens is 2. The van der Waals surface area contributed by atoms with E-state index < -0.39 is 0 Å². The first-order valence-corrected chi connectivity index (χ1v) is 6.84. The molecule has 0 atom stereocenters. The number of hydrogen-bond donors (Lipinski definition) is 0. The van der Waals surface area contributed by atoms with Crippen LogP contribution in [0, 0.1) is 11.3 Å². The molecule has 3 nitrogen and oxygen atoms in total. The molecule has 1 aromatic rings. The molecule has 0 fully saturated rings. The highest BCUT2D eigenvalue weighted by atomic mass is 35.5. The molecule has 1 heterocycles. The van der Waals surface area contributed by atoms with Gasteiger partial charge in [-0.15, -0.1) is 0 Å². The second-order valence-corrected chi connectivity index (χ2v) is 3.27. The summed E-state index contributed by atoms with van der Waals surface area (Å²) in [6.07, 6.45) is 1.80. The minimum atomic E-state index is 0.0989. The number of nitrogens with zero attached hydrogens (tertiary/aromatic N) is 3. The van der Waals surface area contributed by atoms with Gasteiger partial charge in [-0.1, -0.05) is 62.7 Å². The third-order valence-corrected chi connectivity index (χ3v) is 2.19. The lowest BCUT2D eigenvalue weighted by molar-refractivity contribution is 0.964. The molecule has 1 aromatic heterocycles. The van der Waals surface area contributed by atoms with E-state index in [1.165, 1.54) is 11.8 Å². The zero-order valence-corrected chi connectivity index (χ0v) is 12.3. The van der Waals surface area contributed by atoms with Gasteiger partial charge in [0.1, 0.15) is 11.6 Å². The van der Waals surface area contributed by atoms with Crippen molar-refractivity contribution in [3.05, 3.63) is 15.9 Å². The van der Waals surface area contributed by atoms with Gasteiger partial charge in [-0.2, -0.15) is 5.26 Å². The van der Waals surface area contributed by atoms with Crippen molar-refractivity contribution in [1.29, 1.82) is 5.26 Å². The van der Waals surface area contributed by atoms with Gasteiger partial charge < -0.3 is 0 Å². The van der Waals surface area contributed by atoms with Gasteiger partial charge in [0.25, 0.3) is 0 Å². The van der Waals surface area contributed by atoms with Crippen molar-refractivity contribution in [2.24, 2.45) is 0 Å². The summed E-state index contributed by atoms with van der Waals surface area (Å²) in [5, 5.41) is 9.22. The van der Waals surface area contributed by atoms with E-state index in [4.69, 9.17) is 28.5 Å². The van der Waals surface area contributed by atoms with Gasteiger partial charge in [0.15, 0.2) is 15.5 Å². The molecule has 0 radical (unpaired) electrons. The van der Waals surface area contributed by atoms with E-state index >= 15 is 0 Å². The van der Waals surface area contributed by atoms with E-state index in [1.807, 2.05) is 33.8 Å². The molecule has 0 aliphatic rings. The lowest BCUT2D eigenvalue weighted by atomic mass is 10.4. The highest BCUT2D eigenvalue weighted by molar-refractivity contribution is 7.98. The Morgan fingerprint density at radius 1 is 1.06 bits per heavy atom. The Bertz CT molecular complexity index is 327. The average Bonchev–Trinajstić information content (AvgIpc) is 2.33. The molecular weight excluding hydrogens is 265 g/mol. The van der Waals surface area contributed by atoms with Gasteiger partial charge in [0.05, 0.1) is 0 Å². The van der Waals surface area contributed by atoms with Crippen molar-refractivity contribution < 1.29 is 0 Å². The molecular formula is C10H15Cl2N3S. The third kappa shape index (κ3) is 5.55. The van der Waals surface area contributed by atoms with Crippen LogP contribution < -0.4 is 0 Å². The van der Waals surface area contributed by atoms with Crippen LogP contribution in [-0.2, 0) is 0 Å². The van der Waals surface area contributed by atoms with Crippen molar-refractivity contribution >= 4 is 35.0 Å². The van der Waals surface area contributed by atoms with Crippen LogP contribution >= 0.6 is 35.0 Å². The summed E-state index contributed by atoms with van der Waals surface area (Å²) in [4.78, 5) is 7.67. The van der Waals surface area contributed by atoms with Gasteiger partial charge >= 0.3 is 0 Å². The SMILES string of the molecule is CC.CC.CSc1nc(Cl)c(C#N)c(Cl)n1. The van der Waals surface area contributed by atoms with Crippen LogP contribution in [0.2, 0.25) is 10.3 Å². The van der Waals surface area contributed by atoms with Crippen LogP contribution in [0.5, 0.6) is 0 Å². The number of nitriles is 1. The van der Waals surface area contributed by atoms with Gasteiger partial charge in [-0.25, -0.2) is 9.97 Å². The molecule has 0 aliphatic heterocycles. The fraction of sp³-hybridized carbons (Fsp3) is 0.500. The molecule has 0 saturated heterocycles. The molecule has 6 heteroatoms. The fourth-order valence-corrected chi connectivity index (χ4v) is 1.51. The number of halogens is 2. The standard InChI is InChI=1S/C6H3Cl2N3S.2C2H6/c1-12-6-10-4(7)3(2-9)5(8)11-6;2*1-2/h1H3;2*1-2H3. The average molecular weight is 280 g/mol. The van der Waals surface area contributed by atoms with Crippen molar-refractivity contribution in [2.75, 3.05) is 6.26 Å². The van der Waals surface area contributed by atoms with E-state index in [0.29, 0.717) is 5.16 Å². The summed E-state index contributed by atoms with van der Waals surface area (Å²) in [6, 6.07) is 1.82. The van der Waals surface area contributed by atoms with Crippen LogP contribution in [-0.4, -0.2) is 16.2 Å². The molecule has 0 aliphatic carbocycles. The molecule has 0 N–H and O–H groups in total. The summed E-state index contributed by atoms with van der Waals surface area (Å²) in [5.41, 5.74) is 0.121. The van der Waals surface area contributed by atoms with E-state index in [-0.39, 0.29) is 15.9 Å². The molecule has 0 saturated carbocycles. The molecule has 0 bridgehead atoms. The summed E-state index contributed by atoms with van der Waals surface area (Å²) < 4.78 is 0. The topological polar surface area (TPSA) is 49.6 Å². The van der Waals surface area contributed by atoms with E-state index in [9.17, 15) is 0 Å². The molecule has 0 unspecified atom stereocenters. The van der Waals surface area contributed by atoms with Crippen molar-refractivity contribution in [3.8, 4) is 6.07 Å². The maximum atomic E-state index is 8.56. The summed E-state index contributed by atoms with van der Waals surface area (Å²) in [5.74, 6) is 0. The largest absolute Gasteiger partial charge is 0.209 e. The fourth-order valence-electron chi connectivity index (χ4n) is 0.573. The summed E-state index contributed by atoms with van der Waals surface area (Å²) in [7, 11) is 0. The second-order valence-electron chi connectivity index (χ2n) is 1.78. The van der Waals surface area contributed by atoms with Crippen LogP contribution in [0.15, 0.2) is 5.16 Å². The predicted octanol–water partition coefficient (Wildman–Crippen LogP) is 4.43. The Hall–Kier alpha value is -0.500. The number of thioether (sulfide) groups is 1.